The number of carbonyl (C=O) groups is 1. The average Bonchev–Trinajstić information content (AvgIpc) is 3.66. The summed E-state index contributed by atoms with van der Waals surface area (Å²) in [5.74, 6) is -0.0212. The van der Waals surface area contributed by atoms with Crippen molar-refractivity contribution in [3.05, 3.63) is 149 Å². The van der Waals surface area contributed by atoms with Gasteiger partial charge in [-0.3, -0.25) is 9.69 Å². The zero-order valence-electron chi connectivity index (χ0n) is 20.3. The molecule has 184 valence electrons. The summed E-state index contributed by atoms with van der Waals surface area (Å²) in [6, 6.07) is 44.5. The molecule has 2 heterocycles. The lowest BCUT2D eigenvalue weighted by Crippen LogP contribution is -2.09. The van der Waals surface area contributed by atoms with Crippen molar-refractivity contribution >= 4 is 61.3 Å². The van der Waals surface area contributed by atoms with Crippen LogP contribution in [0.2, 0.25) is 0 Å². The molecule has 0 aliphatic carbocycles. The molecule has 6 aromatic rings. The van der Waals surface area contributed by atoms with Crippen LogP contribution in [0.3, 0.4) is 0 Å². The van der Waals surface area contributed by atoms with Gasteiger partial charge in [0, 0.05) is 22.7 Å². The minimum Gasteiger partial charge on any atom is -0.302 e. The van der Waals surface area contributed by atoms with Gasteiger partial charge in [-0.15, -0.1) is 11.3 Å². The van der Waals surface area contributed by atoms with Crippen LogP contribution in [-0.4, -0.2) is 10.8 Å². The third kappa shape index (κ3) is 4.87. The van der Waals surface area contributed by atoms with E-state index < -0.39 is 0 Å². The number of nitrogens with zero attached hydrogens (tertiary/aromatic N) is 3. The Bertz CT molecular complexity index is 1430. The van der Waals surface area contributed by atoms with Gasteiger partial charge in [0.25, 0.3) is 0 Å². The average molecular weight is 530 g/mol. The SMILES string of the molecule is O=C(c1ccc(N(c2ccccc2)c2ccccc2)s1)c1cnc(N(c2ccccc2)c2ccccc2)s1. The van der Waals surface area contributed by atoms with Crippen LogP contribution in [0, 0.1) is 0 Å². The van der Waals surface area contributed by atoms with Gasteiger partial charge >= 0.3 is 0 Å². The van der Waals surface area contributed by atoms with E-state index in [4.69, 9.17) is 0 Å². The number of benzene rings is 4. The maximum Gasteiger partial charge on any atom is 0.214 e. The van der Waals surface area contributed by atoms with Crippen molar-refractivity contribution in [2.24, 2.45) is 0 Å². The highest BCUT2D eigenvalue weighted by Gasteiger charge is 2.22. The van der Waals surface area contributed by atoms with Crippen molar-refractivity contribution in [2.45, 2.75) is 0 Å². The van der Waals surface area contributed by atoms with Gasteiger partial charge in [0.2, 0.25) is 5.78 Å². The van der Waals surface area contributed by atoms with E-state index in [1.54, 1.807) is 6.20 Å². The second kappa shape index (κ2) is 10.8. The summed E-state index contributed by atoms with van der Waals surface area (Å²) in [5.41, 5.74) is 4.07. The Kier molecular flexibility index (Phi) is 6.81. The molecule has 0 amide bonds. The van der Waals surface area contributed by atoms with Gasteiger partial charge in [-0.25, -0.2) is 4.98 Å². The molecule has 0 N–H and O–H groups in total. The quantitative estimate of drug-likeness (QED) is 0.184. The number of aromatic nitrogens is 1. The molecule has 0 saturated carbocycles. The number of ketones is 1. The van der Waals surface area contributed by atoms with Gasteiger partial charge in [0.1, 0.15) is 5.00 Å². The first-order chi connectivity index (χ1) is 18.8. The number of thiophene rings is 1. The van der Waals surface area contributed by atoms with E-state index >= 15 is 0 Å². The number of carbonyl (C=O) groups excluding carboxylic acids is 1. The number of hydrogen-bond donors (Lipinski definition) is 0. The summed E-state index contributed by atoms with van der Waals surface area (Å²) in [5, 5.41) is 1.73. The van der Waals surface area contributed by atoms with Crippen LogP contribution in [0.15, 0.2) is 140 Å². The maximum atomic E-state index is 13.6. The number of anilines is 6. The summed E-state index contributed by atoms with van der Waals surface area (Å²) in [4.78, 5) is 23.8. The van der Waals surface area contributed by atoms with Crippen molar-refractivity contribution in [1.82, 2.24) is 4.98 Å². The number of rotatable bonds is 8. The Labute approximate surface area is 229 Å². The van der Waals surface area contributed by atoms with Crippen LogP contribution in [0.1, 0.15) is 14.5 Å². The van der Waals surface area contributed by atoms with E-state index in [0.717, 1.165) is 32.9 Å². The molecule has 4 nitrogen and oxygen atoms in total. The van der Waals surface area contributed by atoms with E-state index in [2.05, 4.69) is 39.0 Å². The first-order valence-electron chi connectivity index (χ1n) is 12.2. The van der Waals surface area contributed by atoms with E-state index in [9.17, 15) is 4.79 Å². The zero-order valence-corrected chi connectivity index (χ0v) is 22.0. The molecule has 0 fully saturated rings. The van der Waals surface area contributed by atoms with E-state index in [0.29, 0.717) is 9.75 Å². The highest BCUT2D eigenvalue weighted by atomic mass is 32.1. The Balaban J connectivity index is 1.33. The van der Waals surface area contributed by atoms with E-state index in [1.807, 2.05) is 109 Å². The van der Waals surface area contributed by atoms with Crippen LogP contribution >= 0.6 is 22.7 Å². The third-order valence-electron chi connectivity index (χ3n) is 6.00. The molecule has 6 heteroatoms. The lowest BCUT2D eigenvalue weighted by Gasteiger charge is -2.23. The van der Waals surface area contributed by atoms with E-state index in [1.165, 1.54) is 22.7 Å². The molecule has 0 saturated heterocycles. The Morgan fingerprint density at radius 2 is 0.947 bits per heavy atom. The fourth-order valence-electron chi connectivity index (χ4n) is 4.25. The highest BCUT2D eigenvalue weighted by molar-refractivity contribution is 7.21. The predicted molar refractivity (Wildman–Crippen MR) is 159 cm³/mol. The van der Waals surface area contributed by atoms with Gasteiger partial charge in [-0.1, -0.05) is 84.1 Å². The Morgan fingerprint density at radius 3 is 1.42 bits per heavy atom. The molecule has 0 aliphatic rings. The molecule has 2 aromatic heterocycles. The first-order valence-corrected chi connectivity index (χ1v) is 13.8. The van der Waals surface area contributed by atoms with Gasteiger partial charge in [-0.2, -0.15) is 0 Å². The molecule has 4 aromatic carbocycles. The molecule has 0 atom stereocenters. The van der Waals surface area contributed by atoms with Crippen LogP contribution in [-0.2, 0) is 0 Å². The Morgan fingerprint density at radius 1 is 0.500 bits per heavy atom. The standard InChI is InChI=1S/C32H23N3OS2/c36-31(28-21-22-30(37-28)34(24-13-5-1-6-14-24)25-15-7-2-8-16-25)29-23-33-32(38-29)35(26-17-9-3-10-18-26)27-19-11-4-12-20-27/h1-23H. The molecule has 0 aliphatic heterocycles. The zero-order chi connectivity index (χ0) is 25.7. The molecule has 0 bridgehead atoms. The molecule has 0 unspecified atom stereocenters. The van der Waals surface area contributed by atoms with Crippen molar-refractivity contribution in [1.29, 1.82) is 0 Å². The van der Waals surface area contributed by atoms with Crippen molar-refractivity contribution in [3.8, 4) is 0 Å². The van der Waals surface area contributed by atoms with Gasteiger partial charge in [0.05, 0.1) is 16.0 Å². The molecular weight excluding hydrogens is 507 g/mol. The van der Waals surface area contributed by atoms with Crippen molar-refractivity contribution < 1.29 is 4.79 Å². The number of thiazole rings is 1. The number of hydrogen-bond acceptors (Lipinski definition) is 6. The van der Waals surface area contributed by atoms with Gasteiger partial charge < -0.3 is 4.90 Å². The largest absolute Gasteiger partial charge is 0.302 e. The first kappa shape index (κ1) is 23.9. The molecule has 38 heavy (non-hydrogen) atoms. The molecular formula is C32H23N3OS2. The minimum atomic E-state index is -0.0212. The van der Waals surface area contributed by atoms with Gasteiger partial charge in [-0.05, 0) is 60.7 Å². The second-order valence-electron chi connectivity index (χ2n) is 8.49. The molecule has 0 radical (unpaired) electrons. The van der Waals surface area contributed by atoms with Crippen LogP contribution in [0.25, 0.3) is 0 Å². The fraction of sp³-hybridized carbons (Fsp3) is 0. The smallest absolute Gasteiger partial charge is 0.214 e. The van der Waals surface area contributed by atoms with E-state index in [-0.39, 0.29) is 5.78 Å². The predicted octanol–water partition coefficient (Wildman–Crippen LogP) is 9.38. The Hall–Kier alpha value is -4.52. The lowest BCUT2D eigenvalue weighted by molar-refractivity contribution is 0.104. The third-order valence-corrected chi connectivity index (χ3v) is 8.05. The van der Waals surface area contributed by atoms with Crippen LogP contribution in [0.5, 0.6) is 0 Å². The second-order valence-corrected chi connectivity index (χ2v) is 10.6. The fourth-order valence-corrected chi connectivity index (χ4v) is 6.23. The topological polar surface area (TPSA) is 36.4 Å². The highest BCUT2D eigenvalue weighted by Crippen LogP contribution is 2.41. The summed E-state index contributed by atoms with van der Waals surface area (Å²) in [6.45, 7) is 0. The number of para-hydroxylation sites is 4. The summed E-state index contributed by atoms with van der Waals surface area (Å²) >= 11 is 2.89. The summed E-state index contributed by atoms with van der Waals surface area (Å²) < 4.78 is 0. The molecule has 6 rings (SSSR count). The van der Waals surface area contributed by atoms with Crippen molar-refractivity contribution in [3.63, 3.8) is 0 Å². The minimum absolute atomic E-state index is 0.0212. The summed E-state index contributed by atoms with van der Waals surface area (Å²) in [7, 11) is 0. The normalized spacial score (nSPS) is 10.7. The van der Waals surface area contributed by atoms with Crippen LogP contribution < -0.4 is 9.80 Å². The molecule has 0 spiro atoms. The maximum absolute atomic E-state index is 13.6. The van der Waals surface area contributed by atoms with Crippen LogP contribution in [0.4, 0.5) is 32.9 Å². The lowest BCUT2D eigenvalue weighted by atomic mass is 10.2. The van der Waals surface area contributed by atoms with Gasteiger partial charge in [0.15, 0.2) is 5.13 Å². The van der Waals surface area contributed by atoms with Crippen molar-refractivity contribution in [2.75, 3.05) is 9.80 Å². The summed E-state index contributed by atoms with van der Waals surface area (Å²) in [6.07, 6.45) is 1.69. The monoisotopic (exact) mass is 529 g/mol.